The average Bonchev–Trinajstić information content (AvgIpc) is 3.52. The molecule has 2 heterocycles. The summed E-state index contributed by atoms with van der Waals surface area (Å²) in [7, 11) is 1.66. The van der Waals surface area contributed by atoms with E-state index in [2.05, 4.69) is 5.32 Å². The van der Waals surface area contributed by atoms with Gasteiger partial charge in [-0.05, 0) is 62.1 Å². The van der Waals surface area contributed by atoms with Crippen molar-refractivity contribution in [2.24, 2.45) is 0 Å². The summed E-state index contributed by atoms with van der Waals surface area (Å²) in [5.41, 5.74) is 4.03. The Labute approximate surface area is 198 Å². The molecule has 2 unspecified atom stereocenters. The Bertz CT molecular complexity index is 1120. The normalized spacial score (nSPS) is 23.4. The number of dihydropyridines is 1. The molecule has 172 valence electrons. The molecule has 0 spiro atoms. The molecular formula is C27H29NO4S. The van der Waals surface area contributed by atoms with Gasteiger partial charge >= 0.3 is 5.97 Å². The van der Waals surface area contributed by atoms with E-state index in [1.807, 2.05) is 48.7 Å². The van der Waals surface area contributed by atoms with Crippen LogP contribution in [0.5, 0.6) is 5.75 Å². The van der Waals surface area contributed by atoms with Gasteiger partial charge in [0.25, 0.3) is 0 Å². The van der Waals surface area contributed by atoms with Crippen LogP contribution in [0, 0.1) is 0 Å². The maximum atomic E-state index is 13.6. The summed E-state index contributed by atoms with van der Waals surface area (Å²) >= 11 is 1.58. The first-order valence-electron chi connectivity index (χ1n) is 11.7. The lowest BCUT2D eigenvalue weighted by atomic mass is 9.73. The zero-order chi connectivity index (χ0) is 22.9. The summed E-state index contributed by atoms with van der Waals surface area (Å²) in [5.74, 6) is 0.247. The van der Waals surface area contributed by atoms with E-state index < -0.39 is 0 Å². The van der Waals surface area contributed by atoms with E-state index in [-0.39, 0.29) is 29.7 Å². The Morgan fingerprint density at radius 2 is 1.88 bits per heavy atom. The fourth-order valence-corrected chi connectivity index (χ4v) is 6.34. The number of ether oxygens (including phenoxy) is 2. The van der Waals surface area contributed by atoms with Crippen LogP contribution in [-0.4, -0.2) is 25.0 Å². The van der Waals surface area contributed by atoms with Crippen LogP contribution in [0.3, 0.4) is 0 Å². The van der Waals surface area contributed by atoms with Gasteiger partial charge in [-0.25, -0.2) is 4.79 Å². The third-order valence-corrected chi connectivity index (χ3v) is 7.97. The molecule has 0 amide bonds. The summed E-state index contributed by atoms with van der Waals surface area (Å²) in [4.78, 5) is 28.0. The van der Waals surface area contributed by atoms with Gasteiger partial charge in [0.15, 0.2) is 5.78 Å². The number of carbonyl (C=O) groups excluding carboxylic acids is 2. The predicted octanol–water partition coefficient (Wildman–Crippen LogP) is 5.60. The average molecular weight is 464 g/mol. The lowest BCUT2D eigenvalue weighted by Gasteiger charge is -2.36. The molecule has 5 rings (SSSR count). The lowest BCUT2D eigenvalue weighted by Crippen LogP contribution is -2.36. The van der Waals surface area contributed by atoms with Crippen molar-refractivity contribution in [3.8, 4) is 5.75 Å². The van der Waals surface area contributed by atoms with E-state index in [4.69, 9.17) is 9.47 Å². The first kappa shape index (κ1) is 22.0. The minimum absolute atomic E-state index is 0.0193. The second kappa shape index (κ2) is 9.18. The Morgan fingerprint density at radius 3 is 2.61 bits per heavy atom. The summed E-state index contributed by atoms with van der Waals surface area (Å²) < 4.78 is 11.5. The van der Waals surface area contributed by atoms with Crippen LogP contribution in [0.1, 0.15) is 67.7 Å². The van der Waals surface area contributed by atoms with Gasteiger partial charge in [0.2, 0.25) is 0 Å². The molecule has 6 heteroatoms. The van der Waals surface area contributed by atoms with Crippen LogP contribution in [-0.2, 0) is 14.3 Å². The minimum Gasteiger partial charge on any atom is -0.496 e. The molecule has 0 radical (unpaired) electrons. The van der Waals surface area contributed by atoms with Crippen molar-refractivity contribution < 1.29 is 19.1 Å². The van der Waals surface area contributed by atoms with Crippen molar-refractivity contribution in [3.05, 3.63) is 74.8 Å². The van der Waals surface area contributed by atoms with Crippen LogP contribution in [0.25, 0.3) is 0 Å². The molecule has 2 aliphatic carbocycles. The second-order valence-corrected chi connectivity index (χ2v) is 10.1. The number of para-hydroxylation sites is 1. The number of ketones is 1. The molecule has 2 atom stereocenters. The van der Waals surface area contributed by atoms with E-state index in [1.165, 1.54) is 0 Å². The van der Waals surface area contributed by atoms with Gasteiger partial charge in [-0.2, -0.15) is 0 Å². The number of carbonyl (C=O) groups is 2. The fourth-order valence-electron chi connectivity index (χ4n) is 5.49. The van der Waals surface area contributed by atoms with Crippen molar-refractivity contribution in [1.29, 1.82) is 0 Å². The van der Waals surface area contributed by atoms with Crippen molar-refractivity contribution in [2.75, 3.05) is 7.11 Å². The van der Waals surface area contributed by atoms with Gasteiger partial charge in [0.05, 0.1) is 18.6 Å². The largest absolute Gasteiger partial charge is 0.496 e. The van der Waals surface area contributed by atoms with E-state index in [9.17, 15) is 9.59 Å². The van der Waals surface area contributed by atoms with Crippen LogP contribution in [0.2, 0.25) is 0 Å². The summed E-state index contributed by atoms with van der Waals surface area (Å²) in [6.45, 7) is 1.92. The highest BCUT2D eigenvalue weighted by Crippen LogP contribution is 2.47. The Kier molecular flexibility index (Phi) is 6.11. The molecule has 1 N–H and O–H groups in total. The summed E-state index contributed by atoms with van der Waals surface area (Å²) in [6.07, 6.45) is 5.11. The number of benzene rings is 1. The predicted molar refractivity (Wildman–Crippen MR) is 128 cm³/mol. The monoisotopic (exact) mass is 463 g/mol. The number of nitrogens with one attached hydrogen (secondary N) is 1. The Hall–Kier alpha value is -2.86. The minimum atomic E-state index is -0.374. The molecule has 0 saturated heterocycles. The Morgan fingerprint density at radius 1 is 1.09 bits per heavy atom. The van der Waals surface area contributed by atoms with E-state index in [0.717, 1.165) is 53.3 Å². The van der Waals surface area contributed by atoms with Gasteiger partial charge in [-0.1, -0.05) is 24.3 Å². The van der Waals surface area contributed by atoms with Gasteiger partial charge in [0.1, 0.15) is 11.9 Å². The molecule has 1 saturated carbocycles. The third kappa shape index (κ3) is 4.12. The van der Waals surface area contributed by atoms with E-state index in [1.54, 1.807) is 18.4 Å². The highest BCUT2D eigenvalue weighted by Gasteiger charge is 2.42. The number of rotatable bonds is 5. The van der Waals surface area contributed by atoms with Gasteiger partial charge in [-0.3, -0.25) is 4.79 Å². The molecule has 1 aromatic heterocycles. The molecule has 1 fully saturated rings. The smallest absolute Gasteiger partial charge is 0.337 e. The van der Waals surface area contributed by atoms with Crippen molar-refractivity contribution in [2.45, 2.75) is 63.4 Å². The number of esters is 1. The van der Waals surface area contributed by atoms with E-state index in [0.29, 0.717) is 24.0 Å². The number of thiophene rings is 1. The first-order valence-corrected chi connectivity index (χ1v) is 12.6. The zero-order valence-electron chi connectivity index (χ0n) is 19.1. The SMILES string of the molecule is COc1ccccc1C1CC(=O)C2=C(C1)NC(C)=C(C(=O)OC1CCCC1)C2c1cccs1. The highest BCUT2D eigenvalue weighted by molar-refractivity contribution is 7.10. The maximum Gasteiger partial charge on any atom is 0.337 e. The van der Waals surface area contributed by atoms with Crippen LogP contribution in [0.15, 0.2) is 64.3 Å². The summed E-state index contributed by atoms with van der Waals surface area (Å²) in [6, 6.07) is 11.9. The quantitative estimate of drug-likeness (QED) is 0.585. The van der Waals surface area contributed by atoms with Crippen molar-refractivity contribution in [1.82, 2.24) is 5.32 Å². The van der Waals surface area contributed by atoms with Gasteiger partial charge in [-0.15, -0.1) is 11.3 Å². The van der Waals surface area contributed by atoms with Crippen molar-refractivity contribution >= 4 is 23.1 Å². The molecule has 3 aliphatic rings. The third-order valence-electron chi connectivity index (χ3n) is 7.03. The Balaban J connectivity index is 1.51. The second-order valence-electron chi connectivity index (χ2n) is 9.09. The maximum absolute atomic E-state index is 13.6. The van der Waals surface area contributed by atoms with Crippen molar-refractivity contribution in [3.63, 3.8) is 0 Å². The fraction of sp³-hybridized carbons (Fsp3) is 0.407. The summed E-state index contributed by atoms with van der Waals surface area (Å²) in [5, 5.41) is 5.43. The first-order chi connectivity index (χ1) is 16.1. The van der Waals surface area contributed by atoms with Crippen LogP contribution in [0.4, 0.5) is 0 Å². The molecule has 1 aromatic carbocycles. The number of methoxy groups -OCH3 is 1. The van der Waals surface area contributed by atoms with E-state index >= 15 is 0 Å². The number of hydrogen-bond donors (Lipinski definition) is 1. The molecule has 33 heavy (non-hydrogen) atoms. The lowest BCUT2D eigenvalue weighted by molar-refractivity contribution is -0.144. The van der Waals surface area contributed by atoms with Gasteiger partial charge < -0.3 is 14.8 Å². The number of allylic oxidation sites excluding steroid dienone is 3. The molecule has 2 aromatic rings. The molecule has 5 nitrogen and oxygen atoms in total. The van der Waals surface area contributed by atoms with Crippen LogP contribution < -0.4 is 10.1 Å². The molecule has 0 bridgehead atoms. The zero-order valence-corrected chi connectivity index (χ0v) is 19.9. The standard InChI is InChI=1S/C27H29NO4S/c1-16-24(27(30)32-18-8-3-4-9-18)26(23-12-7-13-33-23)25-20(28-16)14-17(15-21(25)29)19-10-5-6-11-22(19)31-2/h5-7,10-13,17-18,26,28H,3-4,8-9,14-15H2,1-2H3. The molecule has 1 aliphatic heterocycles. The van der Waals surface area contributed by atoms with Crippen LogP contribution >= 0.6 is 11.3 Å². The number of hydrogen-bond acceptors (Lipinski definition) is 6. The topological polar surface area (TPSA) is 64.6 Å². The highest BCUT2D eigenvalue weighted by atomic mass is 32.1. The molecular weight excluding hydrogens is 434 g/mol. The van der Waals surface area contributed by atoms with Gasteiger partial charge in [0, 0.05) is 34.2 Å². The number of Topliss-reactive ketones (excluding diaryl/α,β-unsaturated/α-hetero) is 1.